The smallest absolute Gasteiger partial charge is 0.00206 e. The molecule has 0 aliphatic heterocycles. The van der Waals surface area contributed by atoms with Crippen molar-refractivity contribution >= 4 is 0 Å². The Labute approximate surface area is 213 Å². The molecule has 0 N–H and O–H groups in total. The van der Waals surface area contributed by atoms with Crippen LogP contribution in [0.2, 0.25) is 0 Å². The van der Waals surface area contributed by atoms with E-state index < -0.39 is 0 Å². The van der Waals surface area contributed by atoms with E-state index in [1.165, 1.54) is 55.6 Å². The molecule has 0 amide bonds. The van der Waals surface area contributed by atoms with Gasteiger partial charge in [-0.15, -0.1) is 0 Å². The van der Waals surface area contributed by atoms with Crippen LogP contribution in [-0.2, 0) is 0 Å². The van der Waals surface area contributed by atoms with E-state index >= 15 is 0 Å². The molecule has 6 aromatic rings. The fraction of sp³-hybridized carbons (Fsp3) is 0. The normalized spacial score (nSPS) is 10.8. The van der Waals surface area contributed by atoms with Crippen LogP contribution in [0.1, 0.15) is 0 Å². The van der Waals surface area contributed by atoms with Gasteiger partial charge in [0.2, 0.25) is 0 Å². The molecule has 170 valence electrons. The summed E-state index contributed by atoms with van der Waals surface area (Å²) in [7, 11) is 0. The highest BCUT2D eigenvalue weighted by atomic mass is 14.2. The van der Waals surface area contributed by atoms with Crippen LogP contribution in [0, 0.1) is 0 Å². The SMILES string of the molecule is c1ccc(-c2ccc(-c3ccc(-c4ccccc4)c(-c4ccccc4)c3-c3ccccc3)cc2)cc1. The Morgan fingerprint density at radius 1 is 0.194 bits per heavy atom. The van der Waals surface area contributed by atoms with Gasteiger partial charge >= 0.3 is 0 Å². The third-order valence-corrected chi connectivity index (χ3v) is 6.72. The fourth-order valence-electron chi connectivity index (χ4n) is 4.98. The molecule has 0 nitrogen and oxygen atoms in total. The van der Waals surface area contributed by atoms with E-state index in [2.05, 4.69) is 158 Å². The van der Waals surface area contributed by atoms with Crippen LogP contribution in [0.25, 0.3) is 55.6 Å². The van der Waals surface area contributed by atoms with E-state index in [0.29, 0.717) is 0 Å². The summed E-state index contributed by atoms with van der Waals surface area (Å²) in [6, 6.07) is 56.3. The third kappa shape index (κ3) is 4.26. The van der Waals surface area contributed by atoms with E-state index in [9.17, 15) is 0 Å². The second-order valence-corrected chi connectivity index (χ2v) is 8.95. The van der Waals surface area contributed by atoms with Crippen LogP contribution in [0.3, 0.4) is 0 Å². The summed E-state index contributed by atoms with van der Waals surface area (Å²) in [5, 5.41) is 0. The lowest BCUT2D eigenvalue weighted by molar-refractivity contribution is 1.54. The Morgan fingerprint density at radius 3 is 0.889 bits per heavy atom. The number of hydrogen-bond donors (Lipinski definition) is 0. The molecule has 0 spiro atoms. The highest BCUT2D eigenvalue weighted by molar-refractivity contribution is 6.01. The summed E-state index contributed by atoms with van der Waals surface area (Å²) in [4.78, 5) is 0. The summed E-state index contributed by atoms with van der Waals surface area (Å²) in [5.41, 5.74) is 12.3. The van der Waals surface area contributed by atoms with E-state index in [1.54, 1.807) is 0 Å². The molecule has 0 unspecified atom stereocenters. The van der Waals surface area contributed by atoms with Crippen LogP contribution < -0.4 is 0 Å². The van der Waals surface area contributed by atoms with E-state index in [4.69, 9.17) is 0 Å². The van der Waals surface area contributed by atoms with E-state index in [1.807, 2.05) is 0 Å². The van der Waals surface area contributed by atoms with Gasteiger partial charge < -0.3 is 0 Å². The standard InChI is InChI=1S/C36H26/c1-5-13-27(14-6-1)28-21-23-30(24-22-28)34-26-25-33(29-15-7-2-8-16-29)35(31-17-9-3-10-18-31)36(34)32-19-11-4-12-20-32/h1-26H. The maximum atomic E-state index is 2.29. The lowest BCUT2D eigenvalue weighted by Gasteiger charge is -2.21. The minimum atomic E-state index is 1.21. The first kappa shape index (κ1) is 21.8. The summed E-state index contributed by atoms with van der Waals surface area (Å²) >= 11 is 0. The Morgan fingerprint density at radius 2 is 0.472 bits per heavy atom. The number of hydrogen-bond acceptors (Lipinski definition) is 0. The molecule has 0 atom stereocenters. The predicted molar refractivity (Wildman–Crippen MR) is 154 cm³/mol. The first-order valence-electron chi connectivity index (χ1n) is 12.4. The minimum Gasteiger partial charge on any atom is -0.0622 e. The minimum absolute atomic E-state index is 1.21. The van der Waals surface area contributed by atoms with Gasteiger partial charge in [0.1, 0.15) is 0 Å². The van der Waals surface area contributed by atoms with Gasteiger partial charge in [0.15, 0.2) is 0 Å². The van der Waals surface area contributed by atoms with Gasteiger partial charge in [-0.1, -0.05) is 158 Å². The molecule has 0 fully saturated rings. The molecule has 0 bridgehead atoms. The van der Waals surface area contributed by atoms with Crippen LogP contribution in [0.4, 0.5) is 0 Å². The zero-order valence-electron chi connectivity index (χ0n) is 20.0. The van der Waals surface area contributed by atoms with Crippen LogP contribution in [-0.4, -0.2) is 0 Å². The molecule has 0 aliphatic rings. The van der Waals surface area contributed by atoms with Crippen molar-refractivity contribution in [2.45, 2.75) is 0 Å². The molecule has 0 radical (unpaired) electrons. The second-order valence-electron chi connectivity index (χ2n) is 8.95. The van der Waals surface area contributed by atoms with Gasteiger partial charge in [-0.25, -0.2) is 0 Å². The molecule has 0 saturated heterocycles. The second kappa shape index (κ2) is 9.90. The topological polar surface area (TPSA) is 0 Å². The number of benzene rings is 6. The van der Waals surface area contributed by atoms with Crippen molar-refractivity contribution in [3.8, 4) is 55.6 Å². The largest absolute Gasteiger partial charge is 0.0622 e. The molecule has 0 aliphatic carbocycles. The predicted octanol–water partition coefficient (Wildman–Crippen LogP) is 10.0. The highest BCUT2D eigenvalue weighted by Gasteiger charge is 2.19. The first-order chi connectivity index (χ1) is 17.9. The average Bonchev–Trinajstić information content (AvgIpc) is 2.98. The van der Waals surface area contributed by atoms with Gasteiger partial charge in [0, 0.05) is 0 Å². The van der Waals surface area contributed by atoms with Gasteiger partial charge in [0.25, 0.3) is 0 Å². The number of rotatable bonds is 5. The Bertz CT molecular complexity index is 1570. The fourth-order valence-corrected chi connectivity index (χ4v) is 4.98. The Balaban J connectivity index is 1.61. The molecule has 36 heavy (non-hydrogen) atoms. The lowest BCUT2D eigenvalue weighted by Crippen LogP contribution is -1.94. The molecule has 0 heteroatoms. The van der Waals surface area contributed by atoms with Crippen molar-refractivity contribution in [2.24, 2.45) is 0 Å². The maximum Gasteiger partial charge on any atom is -0.00206 e. The summed E-state index contributed by atoms with van der Waals surface area (Å²) < 4.78 is 0. The molecular formula is C36H26. The van der Waals surface area contributed by atoms with Crippen molar-refractivity contribution in [2.75, 3.05) is 0 Å². The Kier molecular flexibility index (Phi) is 6.00. The quantitative estimate of drug-likeness (QED) is 0.241. The van der Waals surface area contributed by atoms with Gasteiger partial charge in [0.05, 0.1) is 0 Å². The van der Waals surface area contributed by atoms with Crippen LogP contribution >= 0.6 is 0 Å². The van der Waals surface area contributed by atoms with Crippen LogP contribution in [0.5, 0.6) is 0 Å². The maximum absolute atomic E-state index is 2.29. The van der Waals surface area contributed by atoms with Crippen LogP contribution in [0.15, 0.2) is 158 Å². The molecule has 0 heterocycles. The van der Waals surface area contributed by atoms with Crippen molar-refractivity contribution in [1.29, 1.82) is 0 Å². The monoisotopic (exact) mass is 458 g/mol. The molecule has 0 saturated carbocycles. The third-order valence-electron chi connectivity index (χ3n) is 6.72. The molecule has 0 aromatic heterocycles. The van der Waals surface area contributed by atoms with Crippen molar-refractivity contribution < 1.29 is 0 Å². The molecule has 6 aromatic carbocycles. The zero-order chi connectivity index (χ0) is 24.2. The van der Waals surface area contributed by atoms with Crippen molar-refractivity contribution in [1.82, 2.24) is 0 Å². The van der Waals surface area contributed by atoms with Gasteiger partial charge in [-0.3, -0.25) is 0 Å². The first-order valence-corrected chi connectivity index (χ1v) is 12.4. The highest BCUT2D eigenvalue weighted by Crippen LogP contribution is 2.45. The average molecular weight is 459 g/mol. The van der Waals surface area contributed by atoms with Crippen molar-refractivity contribution in [3.05, 3.63) is 158 Å². The molecule has 6 rings (SSSR count). The molecular weight excluding hydrogens is 432 g/mol. The lowest BCUT2D eigenvalue weighted by atomic mass is 9.83. The zero-order valence-corrected chi connectivity index (χ0v) is 20.0. The Hall–Kier alpha value is -4.68. The van der Waals surface area contributed by atoms with E-state index in [0.717, 1.165) is 0 Å². The summed E-state index contributed by atoms with van der Waals surface area (Å²) in [6.45, 7) is 0. The summed E-state index contributed by atoms with van der Waals surface area (Å²) in [6.07, 6.45) is 0. The van der Waals surface area contributed by atoms with Gasteiger partial charge in [-0.2, -0.15) is 0 Å². The van der Waals surface area contributed by atoms with E-state index in [-0.39, 0.29) is 0 Å². The summed E-state index contributed by atoms with van der Waals surface area (Å²) in [5.74, 6) is 0. The van der Waals surface area contributed by atoms with Gasteiger partial charge in [-0.05, 0) is 55.6 Å². The van der Waals surface area contributed by atoms with Crippen molar-refractivity contribution in [3.63, 3.8) is 0 Å².